The van der Waals surface area contributed by atoms with Crippen LogP contribution in [0.2, 0.25) is 0 Å². The van der Waals surface area contributed by atoms with Gasteiger partial charge in [-0.05, 0) is 50.2 Å². The number of carboxylic acid groups (broad SMARTS) is 1. The zero-order valence-electron chi connectivity index (χ0n) is 24.1. The summed E-state index contributed by atoms with van der Waals surface area (Å²) in [6.45, 7) is 5.15. The molecule has 2 bridgehead atoms. The van der Waals surface area contributed by atoms with Crippen LogP contribution >= 0.6 is 0 Å². The molecule has 6 rings (SSSR count). The minimum Gasteiger partial charge on any atom is -0.480 e. The Kier molecular flexibility index (Phi) is 8.41. The van der Waals surface area contributed by atoms with Gasteiger partial charge in [-0.3, -0.25) is 9.80 Å². The Morgan fingerprint density at radius 3 is 2.12 bits per heavy atom. The minimum atomic E-state index is -0.986. The maximum Gasteiger partial charge on any atom is 0.329 e. The summed E-state index contributed by atoms with van der Waals surface area (Å²) in [4.78, 5) is 37.0. The van der Waals surface area contributed by atoms with Crippen LogP contribution in [-0.4, -0.2) is 96.4 Å². The van der Waals surface area contributed by atoms with E-state index in [9.17, 15) is 14.7 Å². The molecule has 1 N–H and O–H groups in total. The van der Waals surface area contributed by atoms with E-state index in [0.717, 1.165) is 38.2 Å². The maximum atomic E-state index is 14.2. The number of hydrogen-bond donors (Lipinski definition) is 1. The van der Waals surface area contributed by atoms with Gasteiger partial charge in [0.1, 0.15) is 12.8 Å². The lowest BCUT2D eigenvalue weighted by atomic mass is 10.0. The predicted octanol–water partition coefficient (Wildman–Crippen LogP) is 4.47. The maximum absolute atomic E-state index is 14.2. The van der Waals surface area contributed by atoms with Crippen molar-refractivity contribution in [2.45, 2.75) is 37.6 Å². The smallest absolute Gasteiger partial charge is 0.329 e. The van der Waals surface area contributed by atoms with E-state index in [1.54, 1.807) is 9.80 Å². The van der Waals surface area contributed by atoms with Crippen LogP contribution < -0.4 is 9.80 Å². The third-order valence-corrected chi connectivity index (χ3v) is 8.85. The number of amides is 2. The third-order valence-electron chi connectivity index (χ3n) is 8.85. The first-order valence-electron chi connectivity index (χ1n) is 14.8. The molecular formula is C33H39N5O4. The Morgan fingerprint density at radius 1 is 0.857 bits per heavy atom. The van der Waals surface area contributed by atoms with E-state index < -0.39 is 12.0 Å². The van der Waals surface area contributed by atoms with Crippen molar-refractivity contribution in [3.8, 4) is 0 Å². The molecule has 0 spiro atoms. The van der Waals surface area contributed by atoms with Crippen molar-refractivity contribution in [2.75, 3.05) is 56.3 Å². The standard InChI is InChI=1S/C33H39N5O4/c1-34-18-20-35(21-19-34)29-15-9-8-10-25(29)23-42-24-37-28-16-17-30(37)31(32(39)40)36(22-28)33(41)38(26-11-4-2-5-12-26)27-13-6-3-7-14-27/h2-15,28,30-31H,16-24H2,1H3,(H,39,40)/t28-,30+,31-/m0/s1. The second kappa shape index (κ2) is 12.5. The molecule has 3 aliphatic rings. The van der Waals surface area contributed by atoms with Crippen LogP contribution in [0.5, 0.6) is 0 Å². The molecule has 0 aromatic heterocycles. The highest BCUT2D eigenvalue weighted by molar-refractivity contribution is 6.01. The number of benzene rings is 3. The van der Waals surface area contributed by atoms with Crippen LogP contribution in [0.4, 0.5) is 21.9 Å². The first kappa shape index (κ1) is 28.2. The Balaban J connectivity index is 1.17. The quantitative estimate of drug-likeness (QED) is 0.429. The molecule has 0 unspecified atom stereocenters. The summed E-state index contributed by atoms with van der Waals surface area (Å²) in [5, 5.41) is 10.4. The van der Waals surface area contributed by atoms with Crippen molar-refractivity contribution >= 4 is 29.1 Å². The van der Waals surface area contributed by atoms with Crippen LogP contribution in [0, 0.1) is 0 Å². The molecule has 3 heterocycles. The minimum absolute atomic E-state index is 0.0378. The molecule has 9 heteroatoms. The molecule has 3 aromatic rings. The number of anilines is 3. The molecule has 42 heavy (non-hydrogen) atoms. The second-order valence-electron chi connectivity index (χ2n) is 11.4. The lowest BCUT2D eigenvalue weighted by Gasteiger charge is -2.46. The Labute approximate surface area is 247 Å². The Bertz CT molecular complexity index is 1330. The number of rotatable bonds is 8. The van der Waals surface area contributed by atoms with E-state index in [1.807, 2.05) is 66.7 Å². The van der Waals surface area contributed by atoms with Crippen LogP contribution in [0.25, 0.3) is 0 Å². The number of piperazine rings is 2. The highest BCUT2D eigenvalue weighted by atomic mass is 16.5. The lowest BCUT2D eigenvalue weighted by Crippen LogP contribution is -2.65. The normalized spacial score (nSPS) is 22.7. The van der Waals surface area contributed by atoms with E-state index in [-0.39, 0.29) is 18.1 Å². The summed E-state index contributed by atoms with van der Waals surface area (Å²) < 4.78 is 6.28. The molecule has 2 amide bonds. The summed E-state index contributed by atoms with van der Waals surface area (Å²) >= 11 is 0. The van der Waals surface area contributed by atoms with Crippen molar-refractivity contribution in [3.63, 3.8) is 0 Å². The van der Waals surface area contributed by atoms with Gasteiger partial charge >= 0.3 is 12.0 Å². The average Bonchev–Trinajstić information content (AvgIpc) is 3.28. The van der Waals surface area contributed by atoms with E-state index in [0.29, 0.717) is 37.7 Å². The molecule has 0 aliphatic carbocycles. The third kappa shape index (κ3) is 5.72. The topological polar surface area (TPSA) is 79.8 Å². The van der Waals surface area contributed by atoms with Gasteiger partial charge < -0.3 is 24.5 Å². The van der Waals surface area contributed by atoms with Gasteiger partial charge in [0.15, 0.2) is 0 Å². The fourth-order valence-corrected chi connectivity index (χ4v) is 6.65. The molecule has 9 nitrogen and oxygen atoms in total. The monoisotopic (exact) mass is 569 g/mol. The molecule has 3 aliphatic heterocycles. The number of carbonyl (C=O) groups excluding carboxylic acids is 1. The van der Waals surface area contributed by atoms with E-state index >= 15 is 0 Å². The summed E-state index contributed by atoms with van der Waals surface area (Å²) in [6, 6.07) is 25.6. The van der Waals surface area contributed by atoms with E-state index in [2.05, 4.69) is 39.9 Å². The Hall–Kier alpha value is -3.92. The number of fused-ring (bicyclic) bond motifs is 2. The van der Waals surface area contributed by atoms with Gasteiger partial charge in [-0.15, -0.1) is 0 Å². The van der Waals surface area contributed by atoms with Gasteiger partial charge in [-0.25, -0.2) is 9.59 Å². The molecule has 3 saturated heterocycles. The number of likely N-dealkylation sites (tertiary alicyclic amines) is 1. The fourth-order valence-electron chi connectivity index (χ4n) is 6.65. The summed E-state index contributed by atoms with van der Waals surface area (Å²) in [7, 11) is 2.15. The zero-order chi connectivity index (χ0) is 29.1. The Morgan fingerprint density at radius 2 is 1.48 bits per heavy atom. The van der Waals surface area contributed by atoms with Crippen molar-refractivity contribution in [1.82, 2.24) is 14.7 Å². The molecule has 3 fully saturated rings. The average molecular weight is 570 g/mol. The number of urea groups is 1. The predicted molar refractivity (Wildman–Crippen MR) is 163 cm³/mol. The summed E-state index contributed by atoms with van der Waals surface area (Å²) in [5.41, 5.74) is 3.75. The van der Waals surface area contributed by atoms with E-state index in [4.69, 9.17) is 4.74 Å². The molecule has 0 saturated carbocycles. The molecule has 220 valence electrons. The first-order chi connectivity index (χ1) is 20.5. The van der Waals surface area contributed by atoms with Gasteiger partial charge in [0.2, 0.25) is 0 Å². The first-order valence-corrected chi connectivity index (χ1v) is 14.8. The summed E-state index contributed by atoms with van der Waals surface area (Å²) in [6.07, 6.45) is 1.54. The number of carbonyl (C=O) groups is 2. The number of aliphatic carboxylic acids is 1. The van der Waals surface area contributed by atoms with Crippen LogP contribution in [0.1, 0.15) is 18.4 Å². The highest BCUT2D eigenvalue weighted by Crippen LogP contribution is 2.37. The van der Waals surface area contributed by atoms with Gasteiger partial charge in [0.05, 0.1) is 18.0 Å². The van der Waals surface area contributed by atoms with Gasteiger partial charge in [0.25, 0.3) is 0 Å². The van der Waals surface area contributed by atoms with Gasteiger partial charge in [0, 0.05) is 56.1 Å². The number of likely N-dealkylation sites (N-methyl/N-ethyl adjacent to an activating group) is 1. The van der Waals surface area contributed by atoms with Crippen molar-refractivity contribution < 1.29 is 19.4 Å². The van der Waals surface area contributed by atoms with Crippen molar-refractivity contribution in [3.05, 3.63) is 90.5 Å². The van der Waals surface area contributed by atoms with Crippen LogP contribution in [0.15, 0.2) is 84.9 Å². The number of nitrogens with zero attached hydrogens (tertiary/aromatic N) is 5. The molecule has 3 aromatic carbocycles. The molecule has 0 radical (unpaired) electrons. The molecular weight excluding hydrogens is 530 g/mol. The SMILES string of the molecule is CN1CCN(c2ccccc2COCN2[C@H]3CC[C@@H]2[C@@H](C(=O)O)N(C(=O)N(c2ccccc2)c2ccccc2)C3)CC1. The second-order valence-corrected chi connectivity index (χ2v) is 11.4. The largest absolute Gasteiger partial charge is 0.480 e. The highest BCUT2D eigenvalue weighted by Gasteiger charge is 2.51. The van der Waals surface area contributed by atoms with Crippen LogP contribution in [-0.2, 0) is 16.1 Å². The number of carboxylic acids is 1. The fraction of sp³-hybridized carbons (Fsp3) is 0.394. The van der Waals surface area contributed by atoms with Gasteiger partial charge in [-0.2, -0.15) is 0 Å². The zero-order valence-corrected chi connectivity index (χ0v) is 24.1. The number of hydrogen-bond acceptors (Lipinski definition) is 6. The number of para-hydroxylation sites is 3. The van der Waals surface area contributed by atoms with E-state index in [1.165, 1.54) is 5.69 Å². The summed E-state index contributed by atoms with van der Waals surface area (Å²) in [5.74, 6) is -0.986. The van der Waals surface area contributed by atoms with Crippen molar-refractivity contribution in [2.24, 2.45) is 0 Å². The van der Waals surface area contributed by atoms with Crippen molar-refractivity contribution in [1.29, 1.82) is 0 Å². The molecule has 3 atom stereocenters. The number of ether oxygens (including phenoxy) is 1. The van der Waals surface area contributed by atoms with Gasteiger partial charge in [-0.1, -0.05) is 54.6 Å². The lowest BCUT2D eigenvalue weighted by molar-refractivity contribution is -0.149. The van der Waals surface area contributed by atoms with Crippen LogP contribution in [0.3, 0.4) is 0 Å².